The summed E-state index contributed by atoms with van der Waals surface area (Å²) in [6.07, 6.45) is -1.27. The van der Waals surface area contributed by atoms with Gasteiger partial charge >= 0.3 is 6.09 Å². The van der Waals surface area contributed by atoms with Gasteiger partial charge in [-0.2, -0.15) is 0 Å². The molecule has 1 aromatic carbocycles. The Kier molecular flexibility index (Phi) is 14.3. The second kappa shape index (κ2) is 16.7. The molecule has 2 aliphatic rings. The number of carbonyl (C=O) groups excluding carboxylic acids is 2. The molecule has 7 atom stereocenters. The number of cyclic esters (lactones) is 1. The summed E-state index contributed by atoms with van der Waals surface area (Å²) in [5, 5.41) is 12.3. The van der Waals surface area contributed by atoms with Gasteiger partial charge in [0.25, 0.3) is 5.91 Å². The normalized spacial score (nSPS) is 24.1. The van der Waals surface area contributed by atoms with Crippen LogP contribution >= 0.6 is 0 Å². The van der Waals surface area contributed by atoms with Gasteiger partial charge in [0.05, 0.1) is 44.7 Å². The number of allylic oxidation sites excluding steroid dienone is 1. The van der Waals surface area contributed by atoms with Crippen molar-refractivity contribution in [1.29, 1.82) is 0 Å². The number of aliphatic hydroxyl groups excluding tert-OH is 1. The van der Waals surface area contributed by atoms with E-state index in [2.05, 4.69) is 74.7 Å². The van der Waals surface area contributed by atoms with Crippen LogP contribution in [0.1, 0.15) is 81.7 Å². The number of rotatable bonds is 17. The molecule has 12 heteroatoms. The van der Waals surface area contributed by atoms with E-state index in [-0.39, 0.29) is 46.8 Å². The standard InChI is InChI=1S/C40H69NO9Si2/c1-17-30(36(43)41-32(26(2)3)25-47-37(41)44)33(42)31(24-48-51(13,14)38(5,6)7)35(50-52(15,16)39(8,9)10)40(11)34(49-40)27(4)22-46-23-28-18-20-29(45-12)21-19-28/h17-21,26-27,31-35,42H,22-25H2,1-16H3/t27-,31-,32+,33-,34+,35-,40?/m0/s1. The number of amides is 2. The van der Waals surface area contributed by atoms with E-state index >= 15 is 0 Å². The minimum Gasteiger partial charge on any atom is -0.497 e. The summed E-state index contributed by atoms with van der Waals surface area (Å²) < 4.78 is 37.6. The van der Waals surface area contributed by atoms with Crippen LogP contribution in [0, 0.1) is 17.8 Å². The molecule has 3 rings (SSSR count). The lowest BCUT2D eigenvalue weighted by atomic mass is 9.81. The molecule has 0 saturated carbocycles. The second-order valence-electron chi connectivity index (χ2n) is 18.3. The van der Waals surface area contributed by atoms with Crippen LogP contribution in [0.25, 0.3) is 0 Å². The Bertz CT molecular complexity index is 1400. The Labute approximate surface area is 316 Å². The number of methoxy groups -OCH3 is 1. The quantitative estimate of drug-likeness (QED) is 0.0950. The van der Waals surface area contributed by atoms with Crippen molar-refractivity contribution in [2.75, 3.05) is 26.9 Å². The first-order chi connectivity index (χ1) is 23.8. The molecular formula is C40H69NO9Si2. The molecule has 2 aliphatic heterocycles. The molecule has 0 aliphatic carbocycles. The van der Waals surface area contributed by atoms with Crippen molar-refractivity contribution in [2.45, 2.75) is 149 Å². The van der Waals surface area contributed by atoms with E-state index in [1.807, 2.05) is 45.0 Å². The van der Waals surface area contributed by atoms with E-state index in [0.29, 0.717) is 13.2 Å². The number of imide groups is 1. The number of carbonyl (C=O) groups is 2. The highest BCUT2D eigenvalue weighted by atomic mass is 28.4. The average Bonchev–Trinajstić information content (AvgIpc) is 3.58. The van der Waals surface area contributed by atoms with E-state index in [0.717, 1.165) is 11.3 Å². The lowest BCUT2D eigenvalue weighted by Crippen LogP contribution is -2.56. The number of hydrogen-bond acceptors (Lipinski definition) is 9. The summed E-state index contributed by atoms with van der Waals surface area (Å²) in [6.45, 7) is 32.8. The van der Waals surface area contributed by atoms with Gasteiger partial charge in [0.2, 0.25) is 0 Å². The first-order valence-electron chi connectivity index (χ1n) is 18.9. The van der Waals surface area contributed by atoms with Crippen LogP contribution in [0.5, 0.6) is 5.75 Å². The van der Waals surface area contributed by atoms with E-state index in [4.69, 9.17) is 27.8 Å². The van der Waals surface area contributed by atoms with E-state index in [1.165, 1.54) is 4.90 Å². The van der Waals surface area contributed by atoms with Gasteiger partial charge < -0.3 is 32.9 Å². The largest absolute Gasteiger partial charge is 0.497 e. The van der Waals surface area contributed by atoms with Gasteiger partial charge in [0.1, 0.15) is 18.0 Å². The molecule has 1 N–H and O–H groups in total. The van der Waals surface area contributed by atoms with Crippen LogP contribution in [0.2, 0.25) is 36.3 Å². The molecular weight excluding hydrogens is 695 g/mol. The van der Waals surface area contributed by atoms with Crippen LogP contribution in [0.3, 0.4) is 0 Å². The Morgan fingerprint density at radius 3 is 2.10 bits per heavy atom. The van der Waals surface area contributed by atoms with Gasteiger partial charge in [-0.3, -0.25) is 4.79 Å². The second-order valence-corrected chi connectivity index (χ2v) is 27.9. The third-order valence-electron chi connectivity index (χ3n) is 12.0. The van der Waals surface area contributed by atoms with Gasteiger partial charge in [-0.15, -0.1) is 0 Å². The monoisotopic (exact) mass is 763 g/mol. The van der Waals surface area contributed by atoms with E-state index in [1.54, 1.807) is 20.1 Å². The first kappa shape index (κ1) is 44.3. The Balaban J connectivity index is 2.02. The SMILES string of the molecule is CC=C(C(=O)N1C(=O)OC[C@@H]1C(C)C)[C@H](O)[C@H](CO[Si](C)(C)C(C)(C)C)[C@H](O[Si](C)(C)C(C)(C)C)C1(C)O[C@@H]1[C@@H](C)COCc1ccc(OC)cc1. The van der Waals surface area contributed by atoms with Crippen molar-refractivity contribution in [2.24, 2.45) is 17.8 Å². The zero-order chi connectivity index (χ0) is 39.6. The summed E-state index contributed by atoms with van der Waals surface area (Å²) in [6, 6.07) is 7.38. The molecule has 296 valence electrons. The molecule has 2 fully saturated rings. The molecule has 2 saturated heterocycles. The third-order valence-corrected chi connectivity index (χ3v) is 21.0. The predicted octanol–water partition coefficient (Wildman–Crippen LogP) is 8.34. The van der Waals surface area contributed by atoms with Crippen molar-refractivity contribution in [3.8, 4) is 5.75 Å². The molecule has 1 unspecified atom stereocenters. The van der Waals surface area contributed by atoms with Crippen molar-refractivity contribution in [3.63, 3.8) is 0 Å². The van der Waals surface area contributed by atoms with Crippen LogP contribution in [-0.2, 0) is 34.5 Å². The maximum Gasteiger partial charge on any atom is 0.417 e. The minimum absolute atomic E-state index is 0.00172. The molecule has 10 nitrogen and oxygen atoms in total. The predicted molar refractivity (Wildman–Crippen MR) is 210 cm³/mol. The molecule has 0 bridgehead atoms. The maximum absolute atomic E-state index is 14.3. The summed E-state index contributed by atoms with van der Waals surface area (Å²) in [5.41, 5.74) is 0.354. The smallest absolute Gasteiger partial charge is 0.417 e. The summed E-state index contributed by atoms with van der Waals surface area (Å²) in [7, 11) is -3.19. The minimum atomic E-state index is -2.50. The van der Waals surface area contributed by atoms with Crippen LogP contribution in [0.4, 0.5) is 4.79 Å². The van der Waals surface area contributed by atoms with Gasteiger partial charge in [-0.05, 0) is 73.7 Å². The number of hydrogen-bond donors (Lipinski definition) is 1. The molecule has 2 amide bonds. The molecule has 52 heavy (non-hydrogen) atoms. The summed E-state index contributed by atoms with van der Waals surface area (Å²) in [5.74, 6) is -0.479. The van der Waals surface area contributed by atoms with Crippen molar-refractivity contribution in [3.05, 3.63) is 41.5 Å². The molecule has 2 heterocycles. The number of ether oxygens (including phenoxy) is 4. The summed E-state index contributed by atoms with van der Waals surface area (Å²) >= 11 is 0. The Hall–Kier alpha value is -2.07. The Morgan fingerprint density at radius 2 is 1.60 bits per heavy atom. The van der Waals surface area contributed by atoms with Crippen LogP contribution < -0.4 is 4.74 Å². The molecule has 1 aromatic rings. The fourth-order valence-corrected chi connectivity index (χ4v) is 8.70. The number of benzene rings is 1. The van der Waals surface area contributed by atoms with Crippen molar-refractivity contribution >= 4 is 28.6 Å². The van der Waals surface area contributed by atoms with Crippen molar-refractivity contribution in [1.82, 2.24) is 4.90 Å². The van der Waals surface area contributed by atoms with E-state index in [9.17, 15) is 14.7 Å². The fraction of sp³-hybridized carbons (Fsp3) is 0.750. The van der Waals surface area contributed by atoms with E-state index < -0.39 is 58.4 Å². The lowest BCUT2D eigenvalue weighted by molar-refractivity contribution is -0.128. The maximum atomic E-state index is 14.3. The molecule has 0 aromatic heterocycles. The number of aliphatic hydroxyl groups is 1. The number of epoxide rings is 1. The summed E-state index contributed by atoms with van der Waals surface area (Å²) in [4.78, 5) is 28.4. The van der Waals surface area contributed by atoms with Gasteiger partial charge in [0, 0.05) is 24.0 Å². The third kappa shape index (κ3) is 9.97. The lowest BCUT2D eigenvalue weighted by Gasteiger charge is -2.45. The Morgan fingerprint density at radius 1 is 1.02 bits per heavy atom. The van der Waals surface area contributed by atoms with Gasteiger partial charge in [0.15, 0.2) is 16.6 Å². The van der Waals surface area contributed by atoms with Gasteiger partial charge in [-0.1, -0.05) is 80.5 Å². The molecule has 0 radical (unpaired) electrons. The van der Waals surface area contributed by atoms with Crippen LogP contribution in [-0.4, -0.2) is 95.5 Å². The highest BCUT2D eigenvalue weighted by Gasteiger charge is 2.64. The molecule has 0 spiro atoms. The number of nitrogens with zero attached hydrogens (tertiary/aromatic N) is 1. The first-order valence-corrected chi connectivity index (χ1v) is 24.7. The zero-order valence-electron chi connectivity index (χ0n) is 34.9. The van der Waals surface area contributed by atoms with Gasteiger partial charge in [-0.25, -0.2) is 9.69 Å². The van der Waals surface area contributed by atoms with Crippen molar-refractivity contribution < 1.29 is 42.5 Å². The van der Waals surface area contributed by atoms with Crippen LogP contribution in [0.15, 0.2) is 35.9 Å². The average molecular weight is 764 g/mol. The topological polar surface area (TPSA) is 116 Å². The fourth-order valence-electron chi connectivity index (χ4n) is 6.26. The zero-order valence-corrected chi connectivity index (χ0v) is 36.9. The highest BCUT2D eigenvalue weighted by molar-refractivity contribution is 6.74. The highest BCUT2D eigenvalue weighted by Crippen LogP contribution is 2.51.